The highest BCUT2D eigenvalue weighted by atomic mass is 79.9. The minimum Gasteiger partial charge on any atom is -0.340 e. The second-order valence-corrected chi connectivity index (χ2v) is 6.88. The lowest BCUT2D eigenvalue weighted by atomic mass is 10.2. The van der Waals surface area contributed by atoms with Crippen molar-refractivity contribution >= 4 is 21.8 Å². The van der Waals surface area contributed by atoms with Crippen LogP contribution < -0.4 is 0 Å². The molecule has 0 radical (unpaired) electrons. The molecule has 0 saturated carbocycles. The Hall–Kier alpha value is -0.810. The van der Waals surface area contributed by atoms with Crippen molar-refractivity contribution in [3.05, 3.63) is 22.4 Å². The first-order valence-electron chi connectivity index (χ1n) is 7.88. The number of amides is 1. The van der Waals surface area contributed by atoms with Crippen molar-refractivity contribution in [2.24, 2.45) is 0 Å². The van der Waals surface area contributed by atoms with Crippen LogP contribution in [0.4, 0.5) is 0 Å². The van der Waals surface area contributed by atoms with Crippen molar-refractivity contribution in [3.63, 3.8) is 0 Å². The van der Waals surface area contributed by atoms with E-state index in [0.29, 0.717) is 6.04 Å². The Kier molecular flexibility index (Phi) is 5.49. The maximum absolute atomic E-state index is 12.8. The van der Waals surface area contributed by atoms with Crippen LogP contribution in [0.15, 0.2) is 16.7 Å². The largest absolute Gasteiger partial charge is 0.340 e. The summed E-state index contributed by atoms with van der Waals surface area (Å²) in [6.07, 6.45) is 3.08. The standard InChI is InChI=1S/C16H26BrN3O/c1-5-18(6-2)14-7-8-19(11-14)16(21)15-9-13(17)10-20(15)12(3)4/h9-10,12,14H,5-8,11H2,1-4H3. The molecule has 21 heavy (non-hydrogen) atoms. The molecule has 0 spiro atoms. The number of nitrogens with zero attached hydrogens (tertiary/aromatic N) is 3. The predicted molar refractivity (Wildman–Crippen MR) is 89.7 cm³/mol. The molecule has 1 aliphatic rings. The number of hydrogen-bond donors (Lipinski definition) is 0. The molecule has 4 nitrogen and oxygen atoms in total. The first kappa shape index (κ1) is 16.6. The molecule has 2 rings (SSSR count). The lowest BCUT2D eigenvalue weighted by Gasteiger charge is -2.26. The first-order valence-corrected chi connectivity index (χ1v) is 8.67. The van der Waals surface area contributed by atoms with E-state index in [0.717, 1.165) is 42.8 Å². The van der Waals surface area contributed by atoms with E-state index in [2.05, 4.69) is 53.1 Å². The van der Waals surface area contributed by atoms with E-state index < -0.39 is 0 Å². The van der Waals surface area contributed by atoms with Crippen LogP contribution in [0, 0.1) is 0 Å². The van der Waals surface area contributed by atoms with Gasteiger partial charge in [0.2, 0.25) is 0 Å². The second-order valence-electron chi connectivity index (χ2n) is 5.96. The van der Waals surface area contributed by atoms with Crippen LogP contribution in [0.2, 0.25) is 0 Å². The third-order valence-electron chi connectivity index (χ3n) is 4.37. The van der Waals surface area contributed by atoms with Gasteiger partial charge in [-0.25, -0.2) is 0 Å². The Morgan fingerprint density at radius 3 is 2.67 bits per heavy atom. The van der Waals surface area contributed by atoms with Crippen molar-refractivity contribution in [3.8, 4) is 0 Å². The van der Waals surface area contributed by atoms with Gasteiger partial charge in [-0.15, -0.1) is 0 Å². The molecule has 1 atom stereocenters. The predicted octanol–water partition coefficient (Wildman–Crippen LogP) is 3.39. The summed E-state index contributed by atoms with van der Waals surface area (Å²) in [5, 5.41) is 0. The molecule has 1 aromatic heterocycles. The van der Waals surface area contributed by atoms with Gasteiger partial charge in [0.25, 0.3) is 5.91 Å². The molecule has 1 fully saturated rings. The summed E-state index contributed by atoms with van der Waals surface area (Å²) in [7, 11) is 0. The first-order chi connectivity index (χ1) is 9.97. The molecule has 1 amide bonds. The summed E-state index contributed by atoms with van der Waals surface area (Å²) in [6, 6.07) is 2.74. The lowest BCUT2D eigenvalue weighted by Crippen LogP contribution is -2.39. The highest BCUT2D eigenvalue weighted by Gasteiger charge is 2.31. The molecule has 0 aromatic carbocycles. The molecular formula is C16H26BrN3O. The highest BCUT2D eigenvalue weighted by Crippen LogP contribution is 2.23. The van der Waals surface area contributed by atoms with Gasteiger partial charge in [0.05, 0.1) is 0 Å². The molecule has 1 aromatic rings. The molecule has 0 N–H and O–H groups in total. The van der Waals surface area contributed by atoms with Gasteiger partial charge >= 0.3 is 0 Å². The number of aromatic nitrogens is 1. The van der Waals surface area contributed by atoms with Crippen molar-refractivity contribution < 1.29 is 4.79 Å². The Morgan fingerprint density at radius 1 is 1.43 bits per heavy atom. The third-order valence-corrected chi connectivity index (χ3v) is 4.80. The average molecular weight is 356 g/mol. The summed E-state index contributed by atoms with van der Waals surface area (Å²) < 4.78 is 3.02. The fourth-order valence-electron chi connectivity index (χ4n) is 3.17. The number of hydrogen-bond acceptors (Lipinski definition) is 2. The van der Waals surface area contributed by atoms with Gasteiger partial charge < -0.3 is 9.47 Å². The number of carbonyl (C=O) groups excluding carboxylic acids is 1. The Labute approximate surface area is 136 Å². The van der Waals surface area contributed by atoms with Crippen LogP contribution in [0.1, 0.15) is 50.6 Å². The van der Waals surface area contributed by atoms with Crippen LogP contribution >= 0.6 is 15.9 Å². The third kappa shape index (κ3) is 3.51. The molecule has 0 bridgehead atoms. The quantitative estimate of drug-likeness (QED) is 0.809. The van der Waals surface area contributed by atoms with Crippen molar-refractivity contribution in [1.29, 1.82) is 0 Å². The summed E-state index contributed by atoms with van der Waals surface area (Å²) in [6.45, 7) is 12.4. The number of rotatable bonds is 5. The Balaban J connectivity index is 2.12. The zero-order chi connectivity index (χ0) is 15.6. The van der Waals surface area contributed by atoms with E-state index in [-0.39, 0.29) is 11.9 Å². The zero-order valence-corrected chi connectivity index (χ0v) is 15.1. The van der Waals surface area contributed by atoms with E-state index in [4.69, 9.17) is 0 Å². The number of halogens is 1. The molecule has 118 valence electrons. The summed E-state index contributed by atoms with van der Waals surface area (Å²) in [4.78, 5) is 17.2. The van der Waals surface area contributed by atoms with Gasteiger partial charge in [-0.1, -0.05) is 13.8 Å². The van der Waals surface area contributed by atoms with Gasteiger partial charge in [0.15, 0.2) is 0 Å². The number of carbonyl (C=O) groups is 1. The van der Waals surface area contributed by atoms with Crippen LogP contribution in [0.3, 0.4) is 0 Å². The van der Waals surface area contributed by atoms with Crippen molar-refractivity contribution in [2.45, 2.75) is 46.2 Å². The topological polar surface area (TPSA) is 28.5 Å². The van der Waals surface area contributed by atoms with Crippen LogP contribution in [-0.4, -0.2) is 52.5 Å². The van der Waals surface area contributed by atoms with Crippen LogP contribution in [-0.2, 0) is 0 Å². The second kappa shape index (κ2) is 6.97. The lowest BCUT2D eigenvalue weighted by molar-refractivity contribution is 0.0765. The normalized spacial score (nSPS) is 19.0. The van der Waals surface area contributed by atoms with E-state index in [1.54, 1.807) is 0 Å². The van der Waals surface area contributed by atoms with Gasteiger partial charge in [-0.2, -0.15) is 0 Å². The Morgan fingerprint density at radius 2 is 2.10 bits per heavy atom. The van der Waals surface area contributed by atoms with Crippen LogP contribution in [0.5, 0.6) is 0 Å². The summed E-state index contributed by atoms with van der Waals surface area (Å²) in [5.41, 5.74) is 0.789. The maximum Gasteiger partial charge on any atom is 0.270 e. The van der Waals surface area contributed by atoms with E-state index >= 15 is 0 Å². The number of likely N-dealkylation sites (tertiary alicyclic amines) is 1. The fraction of sp³-hybridized carbons (Fsp3) is 0.688. The minimum absolute atomic E-state index is 0.157. The smallest absolute Gasteiger partial charge is 0.270 e. The monoisotopic (exact) mass is 355 g/mol. The molecule has 2 heterocycles. The summed E-state index contributed by atoms with van der Waals surface area (Å²) in [5.74, 6) is 0.157. The maximum atomic E-state index is 12.8. The average Bonchev–Trinajstić information content (AvgIpc) is 3.06. The van der Waals surface area contributed by atoms with Crippen molar-refractivity contribution in [1.82, 2.24) is 14.4 Å². The molecule has 0 aliphatic carbocycles. The molecule has 1 aliphatic heterocycles. The molecule has 5 heteroatoms. The van der Waals surface area contributed by atoms with Crippen LogP contribution in [0.25, 0.3) is 0 Å². The van der Waals surface area contributed by atoms with Gasteiger partial charge in [0.1, 0.15) is 5.69 Å². The Bertz CT molecular complexity index is 494. The highest BCUT2D eigenvalue weighted by molar-refractivity contribution is 9.10. The van der Waals surface area contributed by atoms with Crippen molar-refractivity contribution in [2.75, 3.05) is 26.2 Å². The molecule has 1 saturated heterocycles. The zero-order valence-electron chi connectivity index (χ0n) is 13.5. The number of likely N-dealkylation sites (N-methyl/N-ethyl adjacent to an activating group) is 1. The van der Waals surface area contributed by atoms with E-state index in [1.165, 1.54) is 0 Å². The van der Waals surface area contributed by atoms with E-state index in [9.17, 15) is 4.79 Å². The van der Waals surface area contributed by atoms with Gasteiger partial charge in [-0.05, 0) is 55.4 Å². The van der Waals surface area contributed by atoms with Gasteiger partial charge in [0, 0.05) is 35.8 Å². The fourth-order valence-corrected chi connectivity index (χ4v) is 3.61. The summed E-state index contributed by atoms with van der Waals surface area (Å²) >= 11 is 3.49. The van der Waals surface area contributed by atoms with Gasteiger partial charge in [-0.3, -0.25) is 9.69 Å². The molecular weight excluding hydrogens is 330 g/mol. The molecule has 1 unspecified atom stereocenters. The SMILES string of the molecule is CCN(CC)C1CCN(C(=O)c2cc(Br)cn2C(C)C)C1. The minimum atomic E-state index is 0.157. The van der Waals surface area contributed by atoms with E-state index in [1.807, 2.05) is 17.2 Å².